The topological polar surface area (TPSA) is 424 Å². The number of hydrogen-bond donors (Lipinski definition) is 8. The molecule has 8 N–H and O–H groups in total. The summed E-state index contributed by atoms with van der Waals surface area (Å²) in [6.45, 7) is 23.0. The minimum absolute atomic E-state index is 0.0102. The Kier molecular flexibility index (Phi) is 30.6. The Balaban J connectivity index is 0.995. The molecule has 2 saturated heterocycles. The second-order valence-electron chi connectivity index (χ2n) is 36.9. The van der Waals surface area contributed by atoms with Gasteiger partial charge in [0, 0.05) is 59.3 Å². The molecule has 7 heterocycles. The minimum Gasteiger partial charge on any atom is -0.490 e. The number of carboxylic acids is 1. The maximum atomic E-state index is 15.6. The lowest BCUT2D eigenvalue weighted by Crippen LogP contribution is -2.61. The molecule has 0 radical (unpaired) electrons. The smallest absolute Gasteiger partial charge is 0.410 e. The number of carboxylic acid groups (broad SMARTS) is 1. The van der Waals surface area contributed by atoms with E-state index in [1.165, 1.54) is 42.4 Å². The van der Waals surface area contributed by atoms with Crippen molar-refractivity contribution in [2.24, 2.45) is 16.7 Å². The molecule has 10 bridgehead atoms. The zero-order chi connectivity index (χ0) is 92.2. The number of rotatable bonds is 15. The van der Waals surface area contributed by atoms with E-state index in [9.17, 15) is 42.3 Å². The van der Waals surface area contributed by atoms with Crippen LogP contribution in [0, 0.1) is 16.7 Å². The van der Waals surface area contributed by atoms with E-state index in [2.05, 4.69) is 42.2 Å². The first-order chi connectivity index (χ1) is 59.0. The molecule has 12 atom stereocenters. The van der Waals surface area contributed by atoms with Crippen molar-refractivity contribution in [3.63, 3.8) is 0 Å². The van der Waals surface area contributed by atoms with Gasteiger partial charge in [0.25, 0.3) is 5.91 Å². The molecule has 6 aromatic carbocycles. The molecule has 0 spiro atoms. The second-order valence-corrected chi connectivity index (χ2v) is 38.7. The van der Waals surface area contributed by atoms with E-state index >= 15 is 28.8 Å². The molecule has 11 amide bonds. The molecule has 1 aromatic heterocycles. The van der Waals surface area contributed by atoms with Gasteiger partial charge in [-0.15, -0.1) is 5.10 Å². The first-order valence-corrected chi connectivity index (χ1v) is 44.0. The molecular weight excluding hydrogens is 1640 g/mol. The quantitative estimate of drug-likeness (QED) is 0.0454. The van der Waals surface area contributed by atoms with Crippen molar-refractivity contribution < 1.29 is 90.0 Å². The summed E-state index contributed by atoms with van der Waals surface area (Å²) in [6, 6.07) is 24.2. The van der Waals surface area contributed by atoms with E-state index in [0.29, 0.717) is 28.0 Å². The standard InChI is InChI=1S/C92H118N14O19S/c1-54(102(15)87(118)124-91(9,10)11)77(107)97-75(89(3,4)5)84(114)104-50-60-24-22-23-41-122-67-37-31-57(32-38-67)45-72(86(116)117)96-80(110)70(47-59-30-36-62-26-19-21-28-64(62)43-59)95-83(113)74-49-66(52-105(74)85(115)76(90(6,7)8)98-78(108)55(2)103(16)88(119)125-92(12,13)14)106-51-65(99-101-106)53-123-68-39-33-56(34-40-68)44-71(81(111)100-126(17,120)121)93-79(109)69(94-82(112)73(104)48-60)46-58-29-35-61-25-18-20-27-63(61)42-58/h18-23,25-40,42-43,51,54-55,60,66,69-76H,24,41,44-50,52-53H2,1-17H3,(H,93,109)(H,94,112)(H,95,113)(H,96,110)(H,97,107)(H,98,108)(H,100,111)(H,116,117)/b23-22-/t54-,55-,60?,66-,69-,70-,71-,72-,73-,74-,75+,76+/m0/s1. The highest BCUT2D eigenvalue weighted by molar-refractivity contribution is 7.89. The monoisotopic (exact) mass is 1750 g/mol. The van der Waals surface area contributed by atoms with E-state index in [0.717, 1.165) is 37.6 Å². The molecule has 2 fully saturated rings. The number of hydrogen-bond acceptors (Lipinski definition) is 20. The lowest BCUT2D eigenvalue weighted by Gasteiger charge is -2.37. The first-order valence-electron chi connectivity index (χ1n) is 42.1. The average molecular weight is 1760 g/mol. The summed E-state index contributed by atoms with van der Waals surface area (Å²) in [5, 5.41) is 40.0. The number of amides is 11. The van der Waals surface area contributed by atoms with Gasteiger partial charge in [-0.1, -0.05) is 168 Å². The summed E-state index contributed by atoms with van der Waals surface area (Å²) in [7, 11) is -1.47. The van der Waals surface area contributed by atoms with Gasteiger partial charge in [0.2, 0.25) is 57.3 Å². The third-order valence-corrected chi connectivity index (χ3v) is 22.8. The third kappa shape index (κ3) is 26.1. The van der Waals surface area contributed by atoms with Crippen molar-refractivity contribution in [1.82, 2.24) is 71.2 Å². The van der Waals surface area contributed by atoms with Crippen LogP contribution in [0.1, 0.15) is 150 Å². The number of aliphatic carboxylic acids is 1. The molecular formula is C92H118N14O19S. The van der Waals surface area contributed by atoms with Crippen LogP contribution < -0.4 is 46.1 Å². The maximum absolute atomic E-state index is 15.6. The SMILES string of the molecule is C[C@@H](C(=O)N[C@H](C(=O)N1C[C@@H]2C[C@H]1C(=O)N[C@@H](Cc1ccc3ccccc3c1)C(=O)N[C@H](C(=O)O)Cc1ccc(cc1)OC/C=C\CC1C[C@@H](C(=O)N[C@@H](Cc3ccc4ccccc4c3)C(=O)N[C@H](C(=O)NS(C)(=O)=O)Cc3ccc(cc3)OCc3cn2nn3)N(C(=O)[C@@H](NC(=O)[C@H](C)N(C)C(=O)OC(C)(C)C)C(C)(C)C)C1)C(C)(C)C)N(C)C(=O)OC(C)(C)C. The highest BCUT2D eigenvalue weighted by Gasteiger charge is 2.49. The molecule has 0 aliphatic carbocycles. The van der Waals surface area contributed by atoms with E-state index in [-0.39, 0.29) is 82.7 Å². The van der Waals surface area contributed by atoms with Gasteiger partial charge < -0.3 is 65.8 Å². The lowest BCUT2D eigenvalue weighted by atomic mass is 9.85. The Hall–Kier alpha value is -12.5. The number of ether oxygens (including phenoxy) is 4. The Bertz CT molecular complexity index is 5320. The number of aromatic nitrogens is 3. The van der Waals surface area contributed by atoms with E-state index in [4.69, 9.17) is 18.9 Å². The van der Waals surface area contributed by atoms with E-state index in [1.54, 1.807) is 156 Å². The zero-order valence-corrected chi connectivity index (χ0v) is 75.3. The molecule has 34 heteroatoms. The number of nitrogens with one attached hydrogen (secondary N) is 7. The van der Waals surface area contributed by atoms with Gasteiger partial charge in [0.1, 0.15) is 102 Å². The second kappa shape index (κ2) is 40.2. The number of carbonyl (C=O) groups is 12. The summed E-state index contributed by atoms with van der Waals surface area (Å²) < 4.78 is 52.7. The summed E-state index contributed by atoms with van der Waals surface area (Å²) in [5.41, 5.74) is -1.54. The molecule has 0 saturated carbocycles. The van der Waals surface area contributed by atoms with Gasteiger partial charge in [-0.2, -0.15) is 0 Å². The summed E-state index contributed by atoms with van der Waals surface area (Å²) in [5.74, 6) is -8.37. The van der Waals surface area contributed by atoms with Crippen molar-refractivity contribution in [3.05, 3.63) is 180 Å². The molecule has 7 aromatic rings. The number of likely N-dealkylation sites (tertiary alicyclic amines) is 2. The van der Waals surface area contributed by atoms with Crippen LogP contribution in [0.25, 0.3) is 21.5 Å². The average Bonchev–Trinajstić information content (AvgIpc) is 1.56. The zero-order valence-electron chi connectivity index (χ0n) is 74.5. The fourth-order valence-electron chi connectivity index (χ4n) is 15.1. The van der Waals surface area contributed by atoms with Crippen LogP contribution in [0.3, 0.4) is 0 Å². The lowest BCUT2D eigenvalue weighted by molar-refractivity contribution is -0.145. The number of likely N-dealkylation sites (N-methyl/N-ethyl adjacent to an activating group) is 2. The molecule has 33 nitrogen and oxygen atoms in total. The number of allylic oxidation sites excluding steroid dienone is 1. The number of fused-ring (bicyclic) bond motifs is 2. The third-order valence-electron chi connectivity index (χ3n) is 22.3. The van der Waals surface area contributed by atoms with E-state index in [1.807, 2.05) is 83.6 Å². The van der Waals surface area contributed by atoms with E-state index < -0.39 is 176 Å². The van der Waals surface area contributed by atoms with Crippen molar-refractivity contribution in [2.45, 2.75) is 226 Å². The van der Waals surface area contributed by atoms with Crippen LogP contribution in [0.2, 0.25) is 0 Å². The van der Waals surface area contributed by atoms with Gasteiger partial charge in [0.15, 0.2) is 0 Å². The Morgan fingerprint density at radius 2 is 0.992 bits per heavy atom. The minimum atomic E-state index is -4.26. The van der Waals surface area contributed by atoms with Gasteiger partial charge in [-0.3, -0.25) is 57.7 Å². The van der Waals surface area contributed by atoms with Crippen LogP contribution >= 0.6 is 0 Å². The van der Waals surface area contributed by atoms with Crippen molar-refractivity contribution in [3.8, 4) is 11.5 Å². The normalized spacial score (nSPS) is 21.1. The fourth-order valence-corrected chi connectivity index (χ4v) is 15.6. The van der Waals surface area contributed by atoms with Gasteiger partial charge in [-0.25, -0.2) is 27.5 Å². The van der Waals surface area contributed by atoms with Crippen LogP contribution in [0.4, 0.5) is 9.59 Å². The Morgan fingerprint density at radius 1 is 0.556 bits per heavy atom. The molecule has 676 valence electrons. The summed E-state index contributed by atoms with van der Waals surface area (Å²) in [4.78, 5) is 180. The van der Waals surface area contributed by atoms with Crippen molar-refractivity contribution in [2.75, 3.05) is 40.0 Å². The molecule has 1 unspecified atom stereocenters. The number of sulfonamides is 1. The van der Waals surface area contributed by atoms with Crippen LogP contribution in [-0.4, -0.2) is 231 Å². The molecule has 13 rings (SSSR count). The highest BCUT2D eigenvalue weighted by Crippen LogP contribution is 2.35. The Labute approximate surface area is 734 Å². The largest absolute Gasteiger partial charge is 0.490 e. The molecule has 6 aliphatic heterocycles. The predicted octanol–water partition coefficient (Wildman–Crippen LogP) is 7.80. The Morgan fingerprint density at radius 3 is 1.44 bits per heavy atom. The van der Waals surface area contributed by atoms with Crippen LogP contribution in [0.5, 0.6) is 11.5 Å². The summed E-state index contributed by atoms with van der Waals surface area (Å²) >= 11 is 0. The number of nitrogens with zero attached hydrogens (tertiary/aromatic N) is 7. The highest BCUT2D eigenvalue weighted by atomic mass is 32.2. The predicted molar refractivity (Wildman–Crippen MR) is 470 cm³/mol. The number of benzene rings is 6. The fraction of sp³-hybridized carbons (Fsp3) is 0.478. The molecule has 6 aliphatic rings. The van der Waals surface area contributed by atoms with Gasteiger partial charge >= 0.3 is 18.2 Å². The van der Waals surface area contributed by atoms with Crippen LogP contribution in [-0.2, 0) is 99.7 Å². The van der Waals surface area contributed by atoms with Gasteiger partial charge in [0.05, 0.1) is 18.5 Å². The van der Waals surface area contributed by atoms with Gasteiger partial charge in [-0.05, 0) is 153 Å². The van der Waals surface area contributed by atoms with Crippen molar-refractivity contribution in [1.29, 1.82) is 0 Å². The maximum Gasteiger partial charge on any atom is 0.410 e. The van der Waals surface area contributed by atoms with Crippen molar-refractivity contribution >= 4 is 103 Å². The first kappa shape index (κ1) is 95.7. The summed E-state index contributed by atoms with van der Waals surface area (Å²) in [6.07, 6.45) is 3.64. The van der Waals surface area contributed by atoms with Crippen LogP contribution in [0.15, 0.2) is 152 Å². The molecule has 126 heavy (non-hydrogen) atoms. The number of carbonyl (C=O) groups excluding carboxylic acids is 11.